The van der Waals surface area contributed by atoms with E-state index in [1.54, 1.807) is 11.8 Å². The fraction of sp³-hybridized carbons (Fsp3) is 0.391. The quantitative estimate of drug-likeness (QED) is 0.754. The van der Waals surface area contributed by atoms with Crippen LogP contribution in [0.25, 0.3) is 0 Å². The molecule has 2 amide bonds. The van der Waals surface area contributed by atoms with Crippen LogP contribution in [0.1, 0.15) is 23.5 Å². The average molecular weight is 395 g/mol. The van der Waals surface area contributed by atoms with E-state index >= 15 is 0 Å². The molecule has 28 heavy (non-hydrogen) atoms. The second kappa shape index (κ2) is 8.82. The molecule has 0 aromatic heterocycles. The molecule has 1 heterocycles. The van der Waals surface area contributed by atoms with E-state index in [2.05, 4.69) is 24.3 Å². The summed E-state index contributed by atoms with van der Waals surface area (Å²) in [4.78, 5) is 29.1. The second-order valence-electron chi connectivity index (χ2n) is 7.54. The zero-order valence-corrected chi connectivity index (χ0v) is 16.8. The Morgan fingerprint density at radius 2 is 1.46 bits per heavy atom. The number of piperazine rings is 1. The molecule has 4 rings (SSSR count). The first-order chi connectivity index (χ1) is 13.7. The van der Waals surface area contributed by atoms with Gasteiger partial charge in [0.2, 0.25) is 11.8 Å². The van der Waals surface area contributed by atoms with Crippen molar-refractivity contribution in [2.75, 3.05) is 31.9 Å². The zero-order valence-electron chi connectivity index (χ0n) is 16.0. The molecule has 2 fully saturated rings. The predicted octanol–water partition coefficient (Wildman–Crippen LogP) is 3.39. The molecule has 1 aliphatic heterocycles. The molecule has 0 N–H and O–H groups in total. The highest BCUT2D eigenvalue weighted by Gasteiger charge is 2.46. The Labute approximate surface area is 170 Å². The lowest BCUT2D eigenvalue weighted by molar-refractivity contribution is -0.139. The molecule has 0 bridgehead atoms. The van der Waals surface area contributed by atoms with Crippen LogP contribution in [0.15, 0.2) is 60.7 Å². The van der Waals surface area contributed by atoms with E-state index < -0.39 is 0 Å². The SMILES string of the molecule is O=C(CSCc1ccccc1)N1CCN(C(=O)C2CC2c2ccccc2)CC1. The fourth-order valence-electron chi connectivity index (χ4n) is 3.87. The van der Waals surface area contributed by atoms with Crippen molar-refractivity contribution in [2.24, 2.45) is 5.92 Å². The topological polar surface area (TPSA) is 40.6 Å². The summed E-state index contributed by atoms with van der Waals surface area (Å²) in [6.45, 7) is 2.62. The van der Waals surface area contributed by atoms with Gasteiger partial charge in [-0.2, -0.15) is 0 Å². The van der Waals surface area contributed by atoms with Crippen LogP contribution >= 0.6 is 11.8 Å². The number of rotatable bonds is 6. The minimum Gasteiger partial charge on any atom is -0.339 e. The lowest BCUT2D eigenvalue weighted by atomic mass is 10.1. The van der Waals surface area contributed by atoms with Crippen molar-refractivity contribution in [3.05, 3.63) is 71.8 Å². The summed E-state index contributed by atoms with van der Waals surface area (Å²) in [6, 6.07) is 20.5. The Balaban J connectivity index is 1.19. The summed E-state index contributed by atoms with van der Waals surface area (Å²) in [7, 11) is 0. The lowest BCUT2D eigenvalue weighted by Crippen LogP contribution is -2.51. The first-order valence-electron chi connectivity index (χ1n) is 9.95. The molecule has 1 saturated heterocycles. The van der Waals surface area contributed by atoms with E-state index in [9.17, 15) is 9.59 Å². The maximum Gasteiger partial charge on any atom is 0.232 e. The Morgan fingerprint density at radius 1 is 0.857 bits per heavy atom. The van der Waals surface area contributed by atoms with Crippen LogP contribution in [-0.2, 0) is 15.3 Å². The second-order valence-corrected chi connectivity index (χ2v) is 8.53. The number of nitrogens with zero attached hydrogens (tertiary/aromatic N) is 2. The molecule has 0 spiro atoms. The van der Waals surface area contributed by atoms with Crippen LogP contribution in [0.2, 0.25) is 0 Å². The van der Waals surface area contributed by atoms with Gasteiger partial charge in [0, 0.05) is 37.8 Å². The number of hydrogen-bond acceptors (Lipinski definition) is 3. The van der Waals surface area contributed by atoms with Crippen molar-refractivity contribution in [3.8, 4) is 0 Å². The number of hydrogen-bond donors (Lipinski definition) is 0. The van der Waals surface area contributed by atoms with Crippen molar-refractivity contribution in [1.82, 2.24) is 9.80 Å². The largest absolute Gasteiger partial charge is 0.339 e. The maximum atomic E-state index is 12.8. The highest BCUT2D eigenvalue weighted by Crippen LogP contribution is 2.48. The normalized spacial score (nSPS) is 21.4. The first-order valence-corrected chi connectivity index (χ1v) is 11.1. The summed E-state index contributed by atoms with van der Waals surface area (Å²) < 4.78 is 0. The highest BCUT2D eigenvalue weighted by atomic mass is 32.2. The summed E-state index contributed by atoms with van der Waals surface area (Å²) >= 11 is 1.66. The molecule has 1 saturated carbocycles. The number of carbonyl (C=O) groups is 2. The molecule has 146 valence electrons. The number of thioether (sulfide) groups is 1. The summed E-state index contributed by atoms with van der Waals surface area (Å²) in [5.74, 6) is 2.31. The van der Waals surface area contributed by atoms with Crippen molar-refractivity contribution in [3.63, 3.8) is 0 Å². The zero-order chi connectivity index (χ0) is 19.3. The van der Waals surface area contributed by atoms with E-state index in [1.807, 2.05) is 46.2 Å². The van der Waals surface area contributed by atoms with Crippen molar-refractivity contribution in [2.45, 2.75) is 18.1 Å². The predicted molar refractivity (Wildman–Crippen MR) is 113 cm³/mol. The highest BCUT2D eigenvalue weighted by molar-refractivity contribution is 7.99. The van der Waals surface area contributed by atoms with Gasteiger partial charge in [-0.05, 0) is 23.5 Å². The lowest BCUT2D eigenvalue weighted by Gasteiger charge is -2.35. The van der Waals surface area contributed by atoms with E-state index in [4.69, 9.17) is 0 Å². The van der Waals surface area contributed by atoms with Crippen LogP contribution in [0.3, 0.4) is 0 Å². The maximum absolute atomic E-state index is 12.8. The third-order valence-electron chi connectivity index (χ3n) is 5.62. The van der Waals surface area contributed by atoms with Gasteiger partial charge in [-0.1, -0.05) is 60.7 Å². The van der Waals surface area contributed by atoms with Crippen LogP contribution in [0, 0.1) is 5.92 Å². The Morgan fingerprint density at radius 3 is 2.14 bits per heavy atom. The number of carbonyl (C=O) groups excluding carboxylic acids is 2. The van der Waals surface area contributed by atoms with Crippen LogP contribution in [0.4, 0.5) is 0 Å². The average Bonchev–Trinajstić information content (AvgIpc) is 3.56. The van der Waals surface area contributed by atoms with Gasteiger partial charge >= 0.3 is 0 Å². The molecule has 2 aromatic rings. The van der Waals surface area contributed by atoms with Crippen LogP contribution in [0.5, 0.6) is 0 Å². The third kappa shape index (κ3) is 4.58. The number of amides is 2. The Bertz CT molecular complexity index is 804. The molecule has 4 nitrogen and oxygen atoms in total. The molecule has 2 unspecified atom stereocenters. The molecule has 0 radical (unpaired) electrons. The van der Waals surface area contributed by atoms with Gasteiger partial charge in [-0.15, -0.1) is 11.8 Å². The van der Waals surface area contributed by atoms with E-state index in [0.717, 1.165) is 12.2 Å². The molecule has 2 aromatic carbocycles. The molecule has 2 atom stereocenters. The minimum atomic E-state index is 0.131. The molecule has 2 aliphatic rings. The smallest absolute Gasteiger partial charge is 0.232 e. The van der Waals surface area contributed by atoms with Gasteiger partial charge < -0.3 is 9.80 Å². The summed E-state index contributed by atoms with van der Waals surface area (Å²) in [5.41, 5.74) is 2.51. The van der Waals surface area contributed by atoms with Gasteiger partial charge in [-0.25, -0.2) is 0 Å². The molecular weight excluding hydrogens is 368 g/mol. The standard InChI is InChI=1S/C23H26N2O2S/c26-22(17-28-16-18-7-3-1-4-8-18)24-11-13-25(14-12-24)23(27)21-15-20(21)19-9-5-2-6-10-19/h1-10,20-21H,11-17H2. The van der Waals surface area contributed by atoms with Crippen LogP contribution < -0.4 is 0 Å². The van der Waals surface area contributed by atoms with Crippen molar-refractivity contribution < 1.29 is 9.59 Å². The Kier molecular flexibility index (Phi) is 6.01. The van der Waals surface area contributed by atoms with Gasteiger partial charge in [-0.3, -0.25) is 9.59 Å². The van der Waals surface area contributed by atoms with Crippen molar-refractivity contribution >= 4 is 23.6 Å². The first kappa shape index (κ1) is 19.1. The van der Waals surface area contributed by atoms with Gasteiger partial charge in [0.05, 0.1) is 5.75 Å². The Hall–Kier alpha value is -2.27. The molecular formula is C23H26N2O2S. The monoisotopic (exact) mass is 394 g/mol. The van der Waals surface area contributed by atoms with Gasteiger partial charge in [0.15, 0.2) is 0 Å². The summed E-state index contributed by atoms with van der Waals surface area (Å²) in [5, 5.41) is 0. The van der Waals surface area contributed by atoms with E-state index in [-0.39, 0.29) is 17.7 Å². The van der Waals surface area contributed by atoms with Gasteiger partial charge in [0.1, 0.15) is 0 Å². The van der Waals surface area contributed by atoms with E-state index in [1.165, 1.54) is 11.1 Å². The fourth-order valence-corrected chi connectivity index (χ4v) is 4.76. The third-order valence-corrected chi connectivity index (χ3v) is 6.61. The summed E-state index contributed by atoms with van der Waals surface area (Å²) in [6.07, 6.45) is 0.956. The number of benzene rings is 2. The van der Waals surface area contributed by atoms with Crippen LogP contribution in [-0.4, -0.2) is 53.5 Å². The van der Waals surface area contributed by atoms with Crippen molar-refractivity contribution in [1.29, 1.82) is 0 Å². The molecule has 5 heteroatoms. The van der Waals surface area contributed by atoms with Gasteiger partial charge in [0.25, 0.3) is 0 Å². The minimum absolute atomic E-state index is 0.131. The van der Waals surface area contributed by atoms with E-state index in [0.29, 0.717) is 37.8 Å². The molecule has 1 aliphatic carbocycles.